The highest BCUT2D eigenvalue weighted by atomic mass is 32.1. The second-order valence-corrected chi connectivity index (χ2v) is 19.8. The number of hydrogen-bond donors (Lipinski definition) is 2. The van der Waals surface area contributed by atoms with Crippen molar-refractivity contribution < 1.29 is 27.8 Å². The zero-order chi connectivity index (χ0) is 48.7. The summed E-state index contributed by atoms with van der Waals surface area (Å²) in [4.78, 5) is 28.3. The normalized spacial score (nSPS) is 24.5. The number of halogens is 2. The summed E-state index contributed by atoms with van der Waals surface area (Å²) in [5.74, 6) is -0.773. The number of ether oxygens (including phenoxy) is 3. The minimum Gasteiger partial charge on any atom is -0.488 e. The van der Waals surface area contributed by atoms with Crippen LogP contribution >= 0.6 is 12.6 Å². The number of benzene rings is 5. The van der Waals surface area contributed by atoms with Gasteiger partial charge >= 0.3 is 6.03 Å². The molecule has 15 nitrogen and oxygen atoms in total. The van der Waals surface area contributed by atoms with Crippen LogP contribution in [0.1, 0.15) is 43.4 Å². The van der Waals surface area contributed by atoms with Gasteiger partial charge in [0.15, 0.2) is 11.3 Å². The van der Waals surface area contributed by atoms with E-state index < -0.39 is 28.5 Å². The molecule has 1 N–H and O–H groups in total. The first-order chi connectivity index (χ1) is 34.5. The van der Waals surface area contributed by atoms with Crippen molar-refractivity contribution >= 4 is 47.1 Å². The minimum absolute atomic E-state index is 0.0177. The highest BCUT2D eigenvalue weighted by Crippen LogP contribution is 2.46. The fraction of sp³-hybridized carbons (Fsp3) is 0.377. The van der Waals surface area contributed by atoms with E-state index in [1.165, 1.54) is 40.6 Å². The van der Waals surface area contributed by atoms with Crippen molar-refractivity contribution in [2.45, 2.75) is 81.3 Å². The number of amides is 2. The number of nitrogens with zero attached hydrogens (tertiary/aromatic N) is 10. The summed E-state index contributed by atoms with van der Waals surface area (Å²) in [6.07, 6.45) is 5.04. The Morgan fingerprint density at radius 3 is 2.25 bits per heavy atom. The third-order valence-electron chi connectivity index (χ3n) is 14.2. The van der Waals surface area contributed by atoms with E-state index in [2.05, 4.69) is 78.6 Å². The van der Waals surface area contributed by atoms with Crippen molar-refractivity contribution in [1.82, 2.24) is 19.7 Å². The summed E-state index contributed by atoms with van der Waals surface area (Å²) in [7, 11) is 0. The van der Waals surface area contributed by atoms with Crippen LogP contribution in [-0.2, 0) is 34.5 Å². The van der Waals surface area contributed by atoms with Crippen LogP contribution in [0, 0.1) is 11.6 Å². The van der Waals surface area contributed by atoms with Gasteiger partial charge in [0, 0.05) is 72.3 Å². The first-order valence-corrected chi connectivity index (χ1v) is 24.8. The van der Waals surface area contributed by atoms with Gasteiger partial charge in [0.2, 0.25) is 0 Å². The van der Waals surface area contributed by atoms with Gasteiger partial charge in [-0.05, 0) is 117 Å². The summed E-state index contributed by atoms with van der Waals surface area (Å²) in [6.45, 7) is 7.88. The molecule has 71 heavy (non-hydrogen) atoms. The molecule has 0 radical (unpaired) electrons. The maximum atomic E-state index is 15.1. The monoisotopic (exact) mass is 981 g/mol. The highest BCUT2D eigenvalue weighted by molar-refractivity contribution is 7.82. The van der Waals surface area contributed by atoms with E-state index in [0.717, 1.165) is 86.4 Å². The van der Waals surface area contributed by atoms with E-state index >= 15 is 4.39 Å². The van der Waals surface area contributed by atoms with Crippen molar-refractivity contribution in [3.63, 3.8) is 0 Å². The topological polar surface area (TPSA) is 128 Å². The van der Waals surface area contributed by atoms with E-state index in [1.807, 2.05) is 72.2 Å². The number of anilines is 5. The van der Waals surface area contributed by atoms with Crippen LogP contribution in [0.15, 0.2) is 138 Å². The maximum absolute atomic E-state index is 15.1. The molecule has 0 spiro atoms. The number of carbonyl (C=O) groups excluding carboxylic acids is 1. The van der Waals surface area contributed by atoms with Crippen molar-refractivity contribution in [3.05, 3.63) is 156 Å². The lowest BCUT2D eigenvalue weighted by Crippen LogP contribution is -2.62. The van der Waals surface area contributed by atoms with Crippen LogP contribution in [0.2, 0.25) is 0 Å². The van der Waals surface area contributed by atoms with Crippen molar-refractivity contribution in [2.24, 2.45) is 10.2 Å². The lowest BCUT2D eigenvalue weighted by Gasteiger charge is -2.49. The predicted molar refractivity (Wildman–Crippen MR) is 271 cm³/mol. The average molecular weight is 982 g/mol. The van der Waals surface area contributed by atoms with E-state index in [0.29, 0.717) is 12.3 Å². The number of piperazine rings is 1. The fourth-order valence-corrected chi connectivity index (χ4v) is 11.5. The van der Waals surface area contributed by atoms with E-state index in [1.54, 1.807) is 0 Å². The molecule has 5 aliphatic rings. The van der Waals surface area contributed by atoms with Crippen LogP contribution in [0.4, 0.5) is 42.0 Å². The molecule has 5 atom stereocenters. The number of fused-ring (bicyclic) bond motifs is 2. The smallest absolute Gasteiger partial charge is 0.327 e. The molecule has 3 unspecified atom stereocenters. The predicted octanol–water partition coefficient (Wildman–Crippen LogP) is 9.08. The van der Waals surface area contributed by atoms with Crippen LogP contribution in [0.3, 0.4) is 0 Å². The fourth-order valence-electron chi connectivity index (χ4n) is 10.8. The number of para-hydroxylation sites is 2. The molecular weight excluding hydrogens is 925 g/mol. The SMILES string of the molecule is CC(C)N1C(=O)N(c2ccc(N3CCN(c4ccc(OC[C@H]5OC[C@](Cn6cncn6)(c6ccc(F)cc6F)O5)cc4)CC3)cc2)CC1(S)N1c2ccccc2CCC1/N=N\C1CCc2ccccc2N1. The van der Waals surface area contributed by atoms with Crippen molar-refractivity contribution in [1.29, 1.82) is 0 Å². The van der Waals surface area contributed by atoms with Crippen LogP contribution in [0.25, 0.3) is 0 Å². The zero-order valence-electron chi connectivity index (χ0n) is 39.7. The minimum atomic E-state index is -1.25. The largest absolute Gasteiger partial charge is 0.488 e. The molecule has 0 saturated carbocycles. The van der Waals surface area contributed by atoms with Gasteiger partial charge in [-0.2, -0.15) is 15.3 Å². The molecule has 2 amide bonds. The van der Waals surface area contributed by atoms with E-state index in [4.69, 9.17) is 37.1 Å². The van der Waals surface area contributed by atoms with Crippen LogP contribution in [-0.4, -0.2) is 101 Å². The number of nitrogens with one attached hydrogen (secondary N) is 1. The Bertz CT molecular complexity index is 2870. The van der Waals surface area contributed by atoms with Gasteiger partial charge in [0.25, 0.3) is 0 Å². The summed E-state index contributed by atoms with van der Waals surface area (Å²) < 4.78 is 48.8. The van der Waals surface area contributed by atoms with Crippen molar-refractivity contribution in [3.8, 4) is 5.75 Å². The Hall–Kier alpha value is -6.76. The molecule has 11 rings (SSSR count). The quantitative estimate of drug-likeness (QED) is 0.0855. The van der Waals surface area contributed by atoms with E-state index in [-0.39, 0.29) is 49.7 Å². The molecule has 368 valence electrons. The number of rotatable bonds is 13. The number of urea groups is 1. The second-order valence-electron chi connectivity index (χ2n) is 19.1. The lowest BCUT2D eigenvalue weighted by atomic mass is 9.94. The summed E-state index contributed by atoms with van der Waals surface area (Å²) in [6, 6.07) is 36.1. The number of azo groups is 1. The Kier molecular flexibility index (Phi) is 12.8. The molecular formula is C53H57F2N11O4S. The summed E-state index contributed by atoms with van der Waals surface area (Å²) in [5, 5.41) is 17.7. The molecule has 6 heterocycles. The van der Waals surface area contributed by atoms with Gasteiger partial charge in [-0.3, -0.25) is 9.80 Å². The van der Waals surface area contributed by atoms with Crippen LogP contribution < -0.4 is 29.7 Å². The standard InChI is InChI=1S/C53H57F2N11O4S/c1-36(2)65-51(67)64(32-53(65,71)66-47-10-6-4-8-38(47)12-24-49(66)60-59-48-23-11-37-7-3-5-9-46(37)58-48)42-16-14-40(15-17-42)61-25-27-62(28-26-61)41-18-20-43(21-19-41)68-30-50-69-33-52(70-50,31-63-35-56-34-57-63)44-22-13-39(54)29-45(44)55/h3-10,13-22,29,34-36,48-50,58,71H,11-12,23-28,30-33H2,1-2H3/b60-59-/t48?,49?,50-,52+,53?/m0/s1. The maximum Gasteiger partial charge on any atom is 0.327 e. The first-order valence-electron chi connectivity index (χ1n) is 24.4. The third-order valence-corrected chi connectivity index (χ3v) is 14.8. The van der Waals surface area contributed by atoms with Gasteiger partial charge in [-0.1, -0.05) is 42.5 Å². The molecule has 0 bridgehead atoms. The molecule has 1 aromatic heterocycles. The molecule has 3 saturated heterocycles. The molecule has 18 heteroatoms. The number of carbonyl (C=O) groups is 1. The Morgan fingerprint density at radius 2 is 1.54 bits per heavy atom. The van der Waals surface area contributed by atoms with Gasteiger partial charge in [-0.25, -0.2) is 23.2 Å². The van der Waals surface area contributed by atoms with Crippen molar-refractivity contribution in [2.75, 3.05) is 70.9 Å². The number of hydrogen-bond acceptors (Lipinski definition) is 13. The van der Waals surface area contributed by atoms with Gasteiger partial charge in [0.1, 0.15) is 54.6 Å². The Labute approximate surface area is 417 Å². The Balaban J connectivity index is 0.719. The summed E-state index contributed by atoms with van der Waals surface area (Å²) in [5.41, 5.74) is 6.53. The number of thiol groups is 1. The average Bonchev–Trinajstić information content (AvgIpc) is 4.13. The number of aryl methyl sites for hydroxylation is 2. The first kappa shape index (κ1) is 46.6. The Morgan fingerprint density at radius 1 is 0.845 bits per heavy atom. The number of aromatic nitrogens is 3. The molecule has 6 aromatic rings. The van der Waals surface area contributed by atoms with Gasteiger partial charge in [0.05, 0.1) is 19.7 Å². The molecule has 3 fully saturated rings. The van der Waals surface area contributed by atoms with Gasteiger partial charge < -0.3 is 34.2 Å². The molecule has 5 aliphatic heterocycles. The third kappa shape index (κ3) is 9.24. The molecule has 5 aromatic carbocycles. The molecule has 0 aliphatic carbocycles. The van der Waals surface area contributed by atoms with Gasteiger partial charge in [-0.15, -0.1) is 12.6 Å². The lowest BCUT2D eigenvalue weighted by molar-refractivity contribution is -0.117. The summed E-state index contributed by atoms with van der Waals surface area (Å²) >= 11 is 5.50. The second kappa shape index (κ2) is 19.4. The van der Waals surface area contributed by atoms with E-state index in [9.17, 15) is 9.18 Å². The zero-order valence-corrected chi connectivity index (χ0v) is 40.6. The highest BCUT2D eigenvalue weighted by Gasteiger charge is 2.56. The van der Waals surface area contributed by atoms with Crippen LogP contribution in [0.5, 0.6) is 5.75 Å².